The van der Waals surface area contributed by atoms with Crippen LogP contribution < -0.4 is 16.4 Å². The van der Waals surface area contributed by atoms with Crippen molar-refractivity contribution in [2.45, 2.75) is 53.1 Å². The highest BCUT2D eigenvalue weighted by molar-refractivity contribution is 5.87. The Labute approximate surface area is 161 Å². The van der Waals surface area contributed by atoms with Gasteiger partial charge in [0.25, 0.3) is 0 Å². The van der Waals surface area contributed by atoms with E-state index in [-0.39, 0.29) is 54.0 Å². The van der Waals surface area contributed by atoms with E-state index in [1.165, 1.54) is 12.1 Å². The van der Waals surface area contributed by atoms with Gasteiger partial charge in [0.15, 0.2) is 0 Å². The van der Waals surface area contributed by atoms with Crippen LogP contribution >= 0.6 is 12.4 Å². The van der Waals surface area contributed by atoms with Crippen LogP contribution in [0.5, 0.6) is 0 Å². The van der Waals surface area contributed by atoms with Crippen molar-refractivity contribution in [3.8, 4) is 0 Å². The van der Waals surface area contributed by atoms with Crippen molar-refractivity contribution in [1.82, 2.24) is 10.6 Å². The quantitative estimate of drug-likeness (QED) is 0.672. The van der Waals surface area contributed by atoms with E-state index in [9.17, 15) is 14.0 Å². The van der Waals surface area contributed by atoms with Crippen molar-refractivity contribution < 1.29 is 14.0 Å². The van der Waals surface area contributed by atoms with E-state index >= 15 is 0 Å². The molecule has 148 valence electrons. The second-order valence-corrected chi connectivity index (χ2v) is 7.92. The minimum absolute atomic E-state index is 0. The van der Waals surface area contributed by atoms with Gasteiger partial charge in [0.05, 0.1) is 18.6 Å². The molecule has 1 aromatic carbocycles. The van der Waals surface area contributed by atoms with Crippen LogP contribution in [-0.2, 0) is 9.59 Å². The summed E-state index contributed by atoms with van der Waals surface area (Å²) in [7, 11) is 0. The molecule has 0 aliphatic heterocycles. The van der Waals surface area contributed by atoms with Gasteiger partial charge in [-0.1, -0.05) is 46.8 Å². The van der Waals surface area contributed by atoms with Crippen LogP contribution in [0.1, 0.15) is 52.6 Å². The van der Waals surface area contributed by atoms with Crippen molar-refractivity contribution >= 4 is 24.2 Å². The fraction of sp³-hybridized carbons (Fsp3) is 0.579. The van der Waals surface area contributed by atoms with Crippen molar-refractivity contribution in [2.75, 3.05) is 6.54 Å². The van der Waals surface area contributed by atoms with Gasteiger partial charge in [-0.2, -0.15) is 0 Å². The van der Waals surface area contributed by atoms with Gasteiger partial charge >= 0.3 is 0 Å². The van der Waals surface area contributed by atoms with E-state index in [0.717, 1.165) is 5.56 Å². The molecule has 2 atom stereocenters. The monoisotopic (exact) mass is 387 g/mol. The summed E-state index contributed by atoms with van der Waals surface area (Å²) in [6, 6.07) is 5.18. The lowest BCUT2D eigenvalue weighted by Crippen LogP contribution is -2.47. The Morgan fingerprint density at radius 1 is 1.15 bits per heavy atom. The van der Waals surface area contributed by atoms with Crippen molar-refractivity contribution in [1.29, 1.82) is 0 Å². The maximum Gasteiger partial charge on any atom is 0.239 e. The fourth-order valence-corrected chi connectivity index (χ4v) is 2.39. The average molecular weight is 388 g/mol. The van der Waals surface area contributed by atoms with Gasteiger partial charge in [0.1, 0.15) is 5.82 Å². The van der Waals surface area contributed by atoms with E-state index in [1.807, 2.05) is 13.8 Å². The number of amides is 2. The second kappa shape index (κ2) is 10.5. The predicted octanol–water partition coefficient (Wildman–Crippen LogP) is 2.94. The number of carbonyl (C=O) groups is 2. The Bertz CT molecular complexity index is 585. The Morgan fingerprint density at radius 3 is 2.15 bits per heavy atom. The number of hydrogen-bond acceptors (Lipinski definition) is 3. The van der Waals surface area contributed by atoms with E-state index < -0.39 is 6.04 Å². The SMILES string of the molecule is CC(C)[C@H](N)C(=O)NCC(=O)NC(CC(C)(C)C)c1ccc(F)cc1.Cl. The molecule has 0 aliphatic rings. The van der Waals surface area contributed by atoms with Crippen LogP contribution in [0.25, 0.3) is 0 Å². The number of benzene rings is 1. The van der Waals surface area contributed by atoms with Gasteiger partial charge in [-0.25, -0.2) is 4.39 Å². The van der Waals surface area contributed by atoms with Crippen molar-refractivity contribution in [3.63, 3.8) is 0 Å². The molecule has 0 saturated heterocycles. The van der Waals surface area contributed by atoms with Gasteiger partial charge in [-0.05, 0) is 35.4 Å². The summed E-state index contributed by atoms with van der Waals surface area (Å²) in [5.74, 6) is -0.974. The molecule has 26 heavy (non-hydrogen) atoms. The smallest absolute Gasteiger partial charge is 0.239 e. The molecule has 0 aliphatic carbocycles. The first kappa shape index (κ1) is 24.3. The minimum atomic E-state index is -0.643. The van der Waals surface area contributed by atoms with Gasteiger partial charge in [-0.15, -0.1) is 12.4 Å². The summed E-state index contributed by atoms with van der Waals surface area (Å²) < 4.78 is 13.2. The molecule has 2 amide bonds. The lowest BCUT2D eigenvalue weighted by molar-refractivity contribution is -0.127. The maximum atomic E-state index is 13.2. The van der Waals surface area contributed by atoms with Gasteiger partial charge in [-0.3, -0.25) is 9.59 Å². The highest BCUT2D eigenvalue weighted by Crippen LogP contribution is 2.29. The van der Waals surface area contributed by atoms with Crippen LogP contribution in [-0.4, -0.2) is 24.4 Å². The van der Waals surface area contributed by atoms with Crippen LogP contribution in [0.4, 0.5) is 4.39 Å². The normalized spacial score (nSPS) is 13.5. The Hall–Kier alpha value is -1.66. The molecule has 5 nitrogen and oxygen atoms in total. The molecule has 1 aromatic rings. The molecule has 0 aromatic heterocycles. The lowest BCUT2D eigenvalue weighted by Gasteiger charge is -2.27. The Kier molecular flexibility index (Phi) is 9.81. The number of hydrogen-bond donors (Lipinski definition) is 3. The Balaban J connectivity index is 0.00000625. The number of nitrogens with one attached hydrogen (secondary N) is 2. The molecule has 0 heterocycles. The first-order valence-electron chi connectivity index (χ1n) is 8.57. The third-order valence-electron chi connectivity index (χ3n) is 3.87. The van der Waals surface area contributed by atoms with Crippen LogP contribution in [0.2, 0.25) is 0 Å². The topological polar surface area (TPSA) is 84.2 Å². The van der Waals surface area contributed by atoms with Gasteiger partial charge in [0, 0.05) is 0 Å². The number of nitrogens with two attached hydrogens (primary N) is 1. The highest BCUT2D eigenvalue weighted by atomic mass is 35.5. The molecule has 0 fully saturated rings. The summed E-state index contributed by atoms with van der Waals surface area (Å²) in [5.41, 5.74) is 6.55. The van der Waals surface area contributed by atoms with Gasteiger partial charge < -0.3 is 16.4 Å². The Morgan fingerprint density at radius 2 is 1.69 bits per heavy atom. The van der Waals surface area contributed by atoms with Crippen molar-refractivity contribution in [2.24, 2.45) is 17.1 Å². The molecule has 1 unspecified atom stereocenters. The number of rotatable bonds is 7. The standard InChI is InChI=1S/C19H30FN3O2.ClH/c1-12(2)17(21)18(25)22-11-16(24)23-15(10-19(3,4)5)13-6-8-14(20)9-7-13;/h6-9,12,15,17H,10-11,21H2,1-5H3,(H,22,25)(H,23,24);1H/t15?,17-;/m0./s1. The summed E-state index contributed by atoms with van der Waals surface area (Å²) in [6.45, 7) is 9.76. The first-order chi connectivity index (χ1) is 11.5. The van der Waals surface area contributed by atoms with Crippen LogP contribution in [0.3, 0.4) is 0 Å². The molecule has 0 bridgehead atoms. The zero-order valence-electron chi connectivity index (χ0n) is 16.1. The van der Waals surface area contributed by atoms with E-state index in [2.05, 4.69) is 31.4 Å². The summed E-state index contributed by atoms with van der Waals surface area (Å²) in [6.07, 6.45) is 0.684. The molecule has 7 heteroatoms. The zero-order chi connectivity index (χ0) is 19.2. The third kappa shape index (κ3) is 8.63. The van der Waals surface area contributed by atoms with E-state index in [1.54, 1.807) is 12.1 Å². The molecule has 1 rings (SSSR count). The molecular formula is C19H31ClFN3O2. The number of halogens is 2. The minimum Gasteiger partial charge on any atom is -0.348 e. The molecular weight excluding hydrogens is 357 g/mol. The molecule has 4 N–H and O–H groups in total. The van der Waals surface area contributed by atoms with E-state index in [4.69, 9.17) is 5.73 Å². The van der Waals surface area contributed by atoms with Crippen molar-refractivity contribution in [3.05, 3.63) is 35.6 Å². The fourth-order valence-electron chi connectivity index (χ4n) is 2.39. The zero-order valence-corrected chi connectivity index (χ0v) is 17.0. The van der Waals surface area contributed by atoms with Crippen LogP contribution in [0, 0.1) is 17.2 Å². The molecule has 0 radical (unpaired) electrons. The molecule has 0 saturated carbocycles. The summed E-state index contributed by atoms with van der Waals surface area (Å²) in [5, 5.41) is 5.47. The predicted molar refractivity (Wildman–Crippen MR) is 104 cm³/mol. The van der Waals surface area contributed by atoms with Crippen LogP contribution in [0.15, 0.2) is 24.3 Å². The average Bonchev–Trinajstić information content (AvgIpc) is 2.50. The summed E-state index contributed by atoms with van der Waals surface area (Å²) >= 11 is 0. The second-order valence-electron chi connectivity index (χ2n) is 7.92. The van der Waals surface area contributed by atoms with E-state index in [0.29, 0.717) is 6.42 Å². The maximum absolute atomic E-state index is 13.2. The lowest BCUT2D eigenvalue weighted by atomic mass is 9.85. The summed E-state index contributed by atoms with van der Waals surface area (Å²) in [4.78, 5) is 24.1. The third-order valence-corrected chi connectivity index (χ3v) is 3.87. The first-order valence-corrected chi connectivity index (χ1v) is 8.57. The number of carbonyl (C=O) groups excluding carboxylic acids is 2. The molecule has 0 spiro atoms. The van der Waals surface area contributed by atoms with Gasteiger partial charge in [0.2, 0.25) is 11.8 Å². The highest BCUT2D eigenvalue weighted by Gasteiger charge is 2.23. The largest absolute Gasteiger partial charge is 0.348 e.